The summed E-state index contributed by atoms with van der Waals surface area (Å²) >= 11 is 0. The predicted molar refractivity (Wildman–Crippen MR) is 72.2 cm³/mol. The number of methoxy groups -OCH3 is 2. The molecule has 0 amide bonds. The molecule has 0 fully saturated rings. The molecule has 2 nitrogen and oxygen atoms in total. The SMILES string of the molecule is COc1cc(F)c(Bc2c(F)cc(F)c(OC)c2F)c(F)c1. The van der Waals surface area contributed by atoms with Crippen LogP contribution in [0, 0.1) is 29.1 Å². The third-order valence-corrected chi connectivity index (χ3v) is 3.13. The largest absolute Gasteiger partial charge is 0.497 e. The predicted octanol–water partition coefficient (Wildman–Crippen LogP) is 1.79. The highest BCUT2D eigenvalue weighted by Gasteiger charge is 2.23. The van der Waals surface area contributed by atoms with Crippen molar-refractivity contribution in [1.82, 2.24) is 0 Å². The maximum atomic E-state index is 14.0. The van der Waals surface area contributed by atoms with E-state index < -0.39 is 53.0 Å². The molecule has 2 rings (SSSR count). The molecule has 2 aromatic carbocycles. The molecule has 0 aliphatic carbocycles. The lowest BCUT2D eigenvalue weighted by atomic mass is 9.63. The van der Waals surface area contributed by atoms with E-state index in [1.54, 1.807) is 0 Å². The van der Waals surface area contributed by atoms with E-state index in [0.717, 1.165) is 19.2 Å². The Balaban J connectivity index is 2.52. The molecule has 0 heterocycles. The van der Waals surface area contributed by atoms with E-state index in [4.69, 9.17) is 0 Å². The zero-order valence-corrected chi connectivity index (χ0v) is 11.6. The summed E-state index contributed by atoms with van der Waals surface area (Å²) in [5.74, 6) is -6.78. The first-order valence-corrected chi connectivity index (χ1v) is 6.11. The first kappa shape index (κ1) is 16.1. The number of hydrogen-bond acceptors (Lipinski definition) is 2. The van der Waals surface area contributed by atoms with Crippen molar-refractivity contribution >= 4 is 18.2 Å². The van der Waals surface area contributed by atoms with Crippen molar-refractivity contribution in [2.75, 3.05) is 14.2 Å². The minimum absolute atomic E-state index is 0.0728. The van der Waals surface area contributed by atoms with Gasteiger partial charge in [0.2, 0.25) is 7.28 Å². The van der Waals surface area contributed by atoms with Crippen molar-refractivity contribution in [1.29, 1.82) is 0 Å². The molecule has 0 N–H and O–H groups in total. The summed E-state index contributed by atoms with van der Waals surface area (Å²) < 4.78 is 77.9. The molecule has 0 aliphatic rings. The highest BCUT2D eigenvalue weighted by molar-refractivity contribution is 6.67. The minimum Gasteiger partial charge on any atom is -0.497 e. The number of benzene rings is 2. The molecule has 0 spiro atoms. The first-order chi connectivity index (χ1) is 10.4. The van der Waals surface area contributed by atoms with E-state index in [9.17, 15) is 22.0 Å². The van der Waals surface area contributed by atoms with Crippen LogP contribution >= 0.6 is 0 Å². The summed E-state index contributed by atoms with van der Waals surface area (Å²) in [6, 6.07) is 2.17. The van der Waals surface area contributed by atoms with Crippen LogP contribution in [-0.4, -0.2) is 21.5 Å². The van der Waals surface area contributed by atoms with Gasteiger partial charge in [-0.25, -0.2) is 22.0 Å². The maximum Gasteiger partial charge on any atom is 0.207 e. The van der Waals surface area contributed by atoms with Gasteiger partial charge in [-0.2, -0.15) is 0 Å². The van der Waals surface area contributed by atoms with Crippen molar-refractivity contribution in [2.24, 2.45) is 0 Å². The Morgan fingerprint density at radius 1 is 0.727 bits per heavy atom. The van der Waals surface area contributed by atoms with Crippen molar-refractivity contribution in [2.45, 2.75) is 0 Å². The van der Waals surface area contributed by atoms with Gasteiger partial charge in [0.1, 0.15) is 23.2 Å². The molecule has 0 bridgehead atoms. The molecular formula is C14H10BF5O2. The molecule has 0 radical (unpaired) electrons. The summed E-state index contributed by atoms with van der Waals surface area (Å²) in [6.45, 7) is 0. The summed E-state index contributed by atoms with van der Waals surface area (Å²) in [6.07, 6.45) is 0. The molecule has 116 valence electrons. The van der Waals surface area contributed by atoms with Gasteiger partial charge in [0.25, 0.3) is 0 Å². The molecule has 0 unspecified atom stereocenters. The molecule has 0 saturated carbocycles. The Labute approximate surface area is 123 Å². The van der Waals surface area contributed by atoms with Gasteiger partial charge in [-0.3, -0.25) is 0 Å². The van der Waals surface area contributed by atoms with Crippen LogP contribution in [0.3, 0.4) is 0 Å². The van der Waals surface area contributed by atoms with Crippen LogP contribution in [0.2, 0.25) is 0 Å². The number of rotatable bonds is 4. The molecule has 0 aromatic heterocycles. The Morgan fingerprint density at radius 3 is 1.77 bits per heavy atom. The van der Waals surface area contributed by atoms with Crippen LogP contribution in [0.4, 0.5) is 22.0 Å². The van der Waals surface area contributed by atoms with Crippen LogP contribution in [0.5, 0.6) is 11.5 Å². The van der Waals surface area contributed by atoms with Gasteiger partial charge in [-0.15, -0.1) is 0 Å². The summed E-state index contributed by atoms with van der Waals surface area (Å²) in [4.78, 5) is 0. The zero-order chi connectivity index (χ0) is 16.4. The third kappa shape index (κ3) is 2.86. The minimum atomic E-state index is -1.34. The summed E-state index contributed by atoms with van der Waals surface area (Å²) in [5.41, 5.74) is -1.26. The van der Waals surface area contributed by atoms with E-state index in [-0.39, 0.29) is 5.75 Å². The standard InChI is InChI=1S/C14H10BF5O2/c1-21-6-3-7(16)11(8(17)4-6)15-12-9(18)5-10(19)14(22-2)13(12)20/h3-5,15H,1-2H3. The Kier molecular flexibility index (Phi) is 4.58. The van der Waals surface area contributed by atoms with Crippen molar-refractivity contribution in [3.63, 3.8) is 0 Å². The Bertz CT molecular complexity index is 698. The van der Waals surface area contributed by atoms with Gasteiger partial charge in [0, 0.05) is 18.2 Å². The van der Waals surface area contributed by atoms with E-state index in [1.165, 1.54) is 7.11 Å². The highest BCUT2D eigenvalue weighted by Crippen LogP contribution is 2.21. The molecular weight excluding hydrogens is 306 g/mol. The Hall–Kier alpha value is -2.25. The molecule has 0 aliphatic heterocycles. The number of halogens is 5. The van der Waals surface area contributed by atoms with Crippen LogP contribution in [0.1, 0.15) is 0 Å². The normalized spacial score (nSPS) is 10.5. The summed E-state index contributed by atoms with van der Waals surface area (Å²) in [7, 11) is 1.48. The summed E-state index contributed by atoms with van der Waals surface area (Å²) in [5, 5.41) is 0. The smallest absolute Gasteiger partial charge is 0.207 e. The van der Waals surface area contributed by atoms with E-state index in [0.29, 0.717) is 6.07 Å². The monoisotopic (exact) mass is 316 g/mol. The average Bonchev–Trinajstić information content (AvgIpc) is 2.45. The molecule has 2 aromatic rings. The van der Waals surface area contributed by atoms with Gasteiger partial charge < -0.3 is 9.47 Å². The number of hydrogen-bond donors (Lipinski definition) is 0. The fourth-order valence-electron chi connectivity index (χ4n) is 2.00. The van der Waals surface area contributed by atoms with E-state index in [1.807, 2.05) is 0 Å². The fourth-order valence-corrected chi connectivity index (χ4v) is 2.00. The lowest BCUT2D eigenvalue weighted by Gasteiger charge is -2.11. The molecule has 0 atom stereocenters. The topological polar surface area (TPSA) is 18.5 Å². The quantitative estimate of drug-likeness (QED) is 0.632. The van der Waals surface area contributed by atoms with Crippen LogP contribution in [-0.2, 0) is 0 Å². The van der Waals surface area contributed by atoms with Gasteiger partial charge in [-0.1, -0.05) is 0 Å². The number of ether oxygens (including phenoxy) is 2. The third-order valence-electron chi connectivity index (χ3n) is 3.13. The van der Waals surface area contributed by atoms with Gasteiger partial charge in [0.05, 0.1) is 14.2 Å². The van der Waals surface area contributed by atoms with Crippen molar-refractivity contribution in [3.8, 4) is 11.5 Å². The molecule has 8 heteroatoms. The Morgan fingerprint density at radius 2 is 1.27 bits per heavy atom. The van der Waals surface area contributed by atoms with E-state index in [2.05, 4.69) is 9.47 Å². The first-order valence-electron chi connectivity index (χ1n) is 6.11. The molecule has 0 saturated heterocycles. The maximum absolute atomic E-state index is 14.0. The van der Waals surface area contributed by atoms with Gasteiger partial charge in [-0.05, 0) is 10.9 Å². The van der Waals surface area contributed by atoms with Crippen molar-refractivity contribution in [3.05, 3.63) is 47.3 Å². The zero-order valence-electron chi connectivity index (χ0n) is 11.6. The second-order valence-electron chi connectivity index (χ2n) is 4.41. The fraction of sp³-hybridized carbons (Fsp3) is 0.143. The molecule has 22 heavy (non-hydrogen) atoms. The average molecular weight is 316 g/mol. The van der Waals surface area contributed by atoms with Crippen molar-refractivity contribution < 1.29 is 31.4 Å². The van der Waals surface area contributed by atoms with Crippen LogP contribution < -0.4 is 20.4 Å². The highest BCUT2D eigenvalue weighted by atomic mass is 19.2. The lowest BCUT2D eigenvalue weighted by molar-refractivity contribution is 0.358. The van der Waals surface area contributed by atoms with Crippen LogP contribution in [0.15, 0.2) is 18.2 Å². The van der Waals surface area contributed by atoms with Gasteiger partial charge >= 0.3 is 0 Å². The second-order valence-corrected chi connectivity index (χ2v) is 4.41. The van der Waals surface area contributed by atoms with E-state index >= 15 is 0 Å². The van der Waals surface area contributed by atoms with Crippen LogP contribution in [0.25, 0.3) is 0 Å². The lowest BCUT2D eigenvalue weighted by Crippen LogP contribution is -2.36. The van der Waals surface area contributed by atoms with Gasteiger partial charge in [0.15, 0.2) is 17.4 Å². The second kappa shape index (κ2) is 6.25.